The summed E-state index contributed by atoms with van der Waals surface area (Å²) >= 11 is 12.3. The Morgan fingerprint density at radius 1 is 0.962 bits per heavy atom. The summed E-state index contributed by atoms with van der Waals surface area (Å²) < 4.78 is 5.77. The van der Waals surface area contributed by atoms with E-state index in [-0.39, 0.29) is 5.91 Å². The predicted octanol–water partition coefficient (Wildman–Crippen LogP) is 6.05. The first-order valence-corrected chi connectivity index (χ1v) is 8.58. The number of halogens is 2. The van der Waals surface area contributed by atoms with Crippen LogP contribution in [0.15, 0.2) is 71.1 Å². The zero-order valence-corrected chi connectivity index (χ0v) is 14.9. The van der Waals surface area contributed by atoms with E-state index in [2.05, 4.69) is 10.3 Å². The van der Waals surface area contributed by atoms with Crippen LogP contribution in [0.4, 0.5) is 5.69 Å². The van der Waals surface area contributed by atoms with E-state index in [1.54, 1.807) is 48.5 Å². The second kappa shape index (κ2) is 6.83. The lowest BCUT2D eigenvalue weighted by molar-refractivity contribution is 0.102. The molecule has 26 heavy (non-hydrogen) atoms. The fourth-order valence-corrected chi connectivity index (χ4v) is 2.94. The number of benzene rings is 3. The number of carbonyl (C=O) groups excluding carboxylic acids is 1. The van der Waals surface area contributed by atoms with Crippen molar-refractivity contribution in [2.45, 2.75) is 0 Å². The number of nitrogens with one attached hydrogen (secondary N) is 1. The van der Waals surface area contributed by atoms with Crippen LogP contribution < -0.4 is 5.32 Å². The Morgan fingerprint density at radius 3 is 2.58 bits per heavy atom. The van der Waals surface area contributed by atoms with Gasteiger partial charge in [-0.15, -0.1) is 0 Å². The van der Waals surface area contributed by atoms with E-state index in [4.69, 9.17) is 27.6 Å². The highest BCUT2D eigenvalue weighted by Gasteiger charge is 2.14. The number of carbonyl (C=O) groups is 1. The highest BCUT2D eigenvalue weighted by Crippen LogP contribution is 2.33. The predicted molar refractivity (Wildman–Crippen MR) is 104 cm³/mol. The Kier molecular flexibility index (Phi) is 4.37. The molecule has 0 aliphatic heterocycles. The van der Waals surface area contributed by atoms with Crippen molar-refractivity contribution in [3.8, 4) is 11.5 Å². The van der Waals surface area contributed by atoms with Crippen molar-refractivity contribution < 1.29 is 9.21 Å². The molecule has 4 rings (SSSR count). The van der Waals surface area contributed by atoms with Gasteiger partial charge in [-0.3, -0.25) is 4.79 Å². The third kappa shape index (κ3) is 3.29. The van der Waals surface area contributed by atoms with Gasteiger partial charge in [0.1, 0.15) is 5.52 Å². The van der Waals surface area contributed by atoms with Crippen LogP contribution in [0, 0.1) is 0 Å². The molecule has 4 aromatic rings. The SMILES string of the molecule is O=C(Nc1ccc(Cl)c(-c2nc3cc(Cl)ccc3o2)c1)c1ccccc1. The van der Waals surface area contributed by atoms with Gasteiger partial charge >= 0.3 is 0 Å². The van der Waals surface area contributed by atoms with E-state index in [0.717, 1.165) is 0 Å². The third-order valence-corrected chi connectivity index (χ3v) is 4.40. The Bertz CT molecular complexity index is 1110. The second-order valence-electron chi connectivity index (χ2n) is 5.65. The standard InChI is InChI=1S/C20H12Cl2N2O2/c21-13-6-9-18-17(10-13)24-20(26-18)15-11-14(7-8-16(15)22)23-19(25)12-4-2-1-3-5-12/h1-11H,(H,23,25). The van der Waals surface area contributed by atoms with Crippen molar-refractivity contribution in [3.63, 3.8) is 0 Å². The maximum Gasteiger partial charge on any atom is 0.255 e. The van der Waals surface area contributed by atoms with Crippen molar-refractivity contribution in [2.24, 2.45) is 0 Å². The number of hydrogen-bond acceptors (Lipinski definition) is 3. The number of amides is 1. The summed E-state index contributed by atoms with van der Waals surface area (Å²) in [4.78, 5) is 16.8. The van der Waals surface area contributed by atoms with E-state index < -0.39 is 0 Å². The van der Waals surface area contributed by atoms with Crippen LogP contribution >= 0.6 is 23.2 Å². The highest BCUT2D eigenvalue weighted by molar-refractivity contribution is 6.33. The zero-order chi connectivity index (χ0) is 18.1. The normalized spacial score (nSPS) is 10.8. The first-order chi connectivity index (χ1) is 12.6. The molecule has 0 spiro atoms. The Hall–Kier alpha value is -2.82. The molecule has 0 saturated carbocycles. The molecule has 128 valence electrons. The van der Waals surface area contributed by atoms with Crippen LogP contribution in [-0.4, -0.2) is 10.9 Å². The van der Waals surface area contributed by atoms with Gasteiger partial charge in [-0.1, -0.05) is 41.4 Å². The maximum absolute atomic E-state index is 12.3. The summed E-state index contributed by atoms with van der Waals surface area (Å²) in [5.41, 5.74) is 3.00. The first-order valence-electron chi connectivity index (χ1n) is 7.82. The molecule has 0 atom stereocenters. The molecule has 0 aliphatic carbocycles. The molecule has 1 aromatic heterocycles. The van der Waals surface area contributed by atoms with E-state index in [9.17, 15) is 4.79 Å². The van der Waals surface area contributed by atoms with Gasteiger partial charge in [-0.25, -0.2) is 4.98 Å². The van der Waals surface area contributed by atoms with Crippen molar-refractivity contribution in [2.75, 3.05) is 5.32 Å². The minimum Gasteiger partial charge on any atom is -0.436 e. The summed E-state index contributed by atoms with van der Waals surface area (Å²) in [7, 11) is 0. The Balaban J connectivity index is 1.68. The summed E-state index contributed by atoms with van der Waals surface area (Å²) in [5.74, 6) is 0.159. The van der Waals surface area contributed by atoms with Gasteiger partial charge < -0.3 is 9.73 Å². The quantitative estimate of drug-likeness (QED) is 0.468. The second-order valence-corrected chi connectivity index (χ2v) is 6.49. The number of anilines is 1. The van der Waals surface area contributed by atoms with Gasteiger partial charge in [-0.05, 0) is 48.5 Å². The fourth-order valence-electron chi connectivity index (χ4n) is 2.58. The number of rotatable bonds is 3. The smallest absolute Gasteiger partial charge is 0.255 e. The number of aromatic nitrogens is 1. The van der Waals surface area contributed by atoms with Crippen LogP contribution in [-0.2, 0) is 0 Å². The third-order valence-electron chi connectivity index (χ3n) is 3.84. The molecule has 0 unspecified atom stereocenters. The number of oxazole rings is 1. The van der Waals surface area contributed by atoms with Crippen LogP contribution in [0.1, 0.15) is 10.4 Å². The van der Waals surface area contributed by atoms with Crippen LogP contribution in [0.3, 0.4) is 0 Å². The summed E-state index contributed by atoms with van der Waals surface area (Å²) in [6.07, 6.45) is 0. The average molecular weight is 383 g/mol. The van der Waals surface area contributed by atoms with Gasteiger partial charge in [-0.2, -0.15) is 0 Å². The number of hydrogen-bond donors (Lipinski definition) is 1. The van der Waals surface area contributed by atoms with Crippen molar-refractivity contribution in [3.05, 3.63) is 82.3 Å². The van der Waals surface area contributed by atoms with Gasteiger partial charge in [0, 0.05) is 16.3 Å². The number of fused-ring (bicyclic) bond motifs is 1. The lowest BCUT2D eigenvalue weighted by atomic mass is 10.1. The largest absolute Gasteiger partial charge is 0.436 e. The van der Waals surface area contributed by atoms with Gasteiger partial charge in [0.05, 0.1) is 10.6 Å². The molecule has 1 amide bonds. The molecule has 0 bridgehead atoms. The lowest BCUT2D eigenvalue weighted by Crippen LogP contribution is -2.11. The molecule has 0 fully saturated rings. The van der Waals surface area contributed by atoms with Crippen LogP contribution in [0.5, 0.6) is 0 Å². The maximum atomic E-state index is 12.3. The zero-order valence-electron chi connectivity index (χ0n) is 13.4. The molecule has 3 aromatic carbocycles. The van der Waals surface area contributed by atoms with E-state index in [1.807, 2.05) is 18.2 Å². The molecule has 0 aliphatic rings. The van der Waals surface area contributed by atoms with Gasteiger partial charge in [0.25, 0.3) is 5.91 Å². The topological polar surface area (TPSA) is 55.1 Å². The van der Waals surface area contributed by atoms with Crippen LogP contribution in [0.2, 0.25) is 10.0 Å². The lowest BCUT2D eigenvalue weighted by Gasteiger charge is -2.07. The van der Waals surface area contributed by atoms with Gasteiger partial charge in [0.15, 0.2) is 5.58 Å². The first kappa shape index (κ1) is 16.6. The van der Waals surface area contributed by atoms with Crippen molar-refractivity contribution >= 4 is 45.9 Å². The molecule has 0 radical (unpaired) electrons. The minimum absolute atomic E-state index is 0.205. The monoisotopic (exact) mass is 382 g/mol. The fraction of sp³-hybridized carbons (Fsp3) is 0. The summed E-state index contributed by atoms with van der Waals surface area (Å²) in [5, 5.41) is 3.90. The highest BCUT2D eigenvalue weighted by atomic mass is 35.5. The summed E-state index contributed by atoms with van der Waals surface area (Å²) in [6, 6.07) is 19.3. The molecule has 1 heterocycles. The molecule has 0 saturated heterocycles. The van der Waals surface area contributed by atoms with E-state index >= 15 is 0 Å². The summed E-state index contributed by atoms with van der Waals surface area (Å²) in [6.45, 7) is 0. The van der Waals surface area contributed by atoms with Gasteiger partial charge in [0.2, 0.25) is 5.89 Å². The Labute approximate surface area is 159 Å². The van der Waals surface area contributed by atoms with E-state index in [1.165, 1.54) is 0 Å². The molecular formula is C20H12Cl2N2O2. The van der Waals surface area contributed by atoms with Crippen molar-refractivity contribution in [1.82, 2.24) is 4.98 Å². The molecular weight excluding hydrogens is 371 g/mol. The molecule has 6 heteroatoms. The average Bonchev–Trinajstić information content (AvgIpc) is 3.07. The van der Waals surface area contributed by atoms with E-state index in [0.29, 0.717) is 43.9 Å². The Morgan fingerprint density at radius 2 is 1.77 bits per heavy atom. The number of nitrogens with zero attached hydrogens (tertiary/aromatic N) is 1. The molecule has 4 nitrogen and oxygen atoms in total. The van der Waals surface area contributed by atoms with Crippen molar-refractivity contribution in [1.29, 1.82) is 0 Å². The molecule has 1 N–H and O–H groups in total. The van der Waals surface area contributed by atoms with Crippen LogP contribution in [0.25, 0.3) is 22.6 Å². The minimum atomic E-state index is -0.205.